The average molecular weight is 399 g/mol. The van der Waals surface area contributed by atoms with Crippen LogP contribution in [0.3, 0.4) is 0 Å². The molecule has 27 heavy (non-hydrogen) atoms. The average Bonchev–Trinajstić information content (AvgIpc) is 2.99. The zero-order valence-electron chi connectivity index (χ0n) is 19.8. The van der Waals surface area contributed by atoms with Gasteiger partial charge in [0.25, 0.3) is 5.82 Å². The fraction of sp³-hybridized carbons (Fsp3) is 0.818. The van der Waals surface area contributed by atoms with Crippen LogP contribution in [0.5, 0.6) is 0 Å². The molecule has 0 saturated carbocycles. The first-order valence-electron chi connectivity index (χ1n) is 10.1. The van der Waals surface area contributed by atoms with Crippen molar-refractivity contribution in [2.24, 2.45) is 0 Å². The second-order valence-corrected chi connectivity index (χ2v) is 11.8. The number of halogens is 1. The van der Waals surface area contributed by atoms with Gasteiger partial charge in [0.1, 0.15) is 6.20 Å². The highest BCUT2D eigenvalue weighted by molar-refractivity contribution is 5.21. The summed E-state index contributed by atoms with van der Waals surface area (Å²) in [5.74, 6) is 2.79. The van der Waals surface area contributed by atoms with Crippen LogP contribution in [0.15, 0.2) is 24.0 Å². The molecule has 1 unspecified atom stereocenters. The van der Waals surface area contributed by atoms with Crippen molar-refractivity contribution in [1.82, 2.24) is 14.7 Å². The summed E-state index contributed by atoms with van der Waals surface area (Å²) in [6, 6.07) is 0. The molecule has 0 aromatic rings. The SMILES string of the molecule is CC(C)(C)N1C=C[NH+](C(C)(C)C)C1=C1N(C(C)(C)C)CCN1C(C)(C)C.[Cl-]. The van der Waals surface area contributed by atoms with Gasteiger partial charge in [-0.05, 0) is 83.1 Å². The summed E-state index contributed by atoms with van der Waals surface area (Å²) in [6.07, 6.45) is 4.64. The van der Waals surface area contributed by atoms with Gasteiger partial charge < -0.3 is 22.2 Å². The summed E-state index contributed by atoms with van der Waals surface area (Å²) in [7, 11) is 0. The van der Waals surface area contributed by atoms with Gasteiger partial charge in [0.05, 0.1) is 11.7 Å². The van der Waals surface area contributed by atoms with Crippen LogP contribution in [0.4, 0.5) is 0 Å². The van der Waals surface area contributed by atoms with Gasteiger partial charge in [-0.25, -0.2) is 0 Å². The molecule has 0 aliphatic carbocycles. The van der Waals surface area contributed by atoms with Crippen molar-refractivity contribution < 1.29 is 17.3 Å². The van der Waals surface area contributed by atoms with Crippen LogP contribution >= 0.6 is 0 Å². The van der Waals surface area contributed by atoms with Crippen molar-refractivity contribution in [3.8, 4) is 0 Å². The summed E-state index contributed by atoms with van der Waals surface area (Å²) in [5.41, 5.74) is 0.338. The largest absolute Gasteiger partial charge is 1.00 e. The number of rotatable bonds is 0. The maximum atomic E-state index is 2.62. The van der Waals surface area contributed by atoms with E-state index in [9.17, 15) is 0 Å². The van der Waals surface area contributed by atoms with Gasteiger partial charge in [-0.3, -0.25) is 9.80 Å². The topological polar surface area (TPSA) is 14.2 Å². The Balaban J connectivity index is 0.00000364. The van der Waals surface area contributed by atoms with Gasteiger partial charge in [0.2, 0.25) is 0 Å². The van der Waals surface area contributed by atoms with Crippen LogP contribution < -0.4 is 17.3 Å². The quantitative estimate of drug-likeness (QED) is 0.642. The van der Waals surface area contributed by atoms with Gasteiger partial charge in [0, 0.05) is 29.7 Å². The van der Waals surface area contributed by atoms with Crippen molar-refractivity contribution in [3.05, 3.63) is 24.0 Å². The number of hydrogen-bond donors (Lipinski definition) is 1. The van der Waals surface area contributed by atoms with E-state index in [1.54, 1.807) is 0 Å². The molecular formula is C22H43ClN4. The predicted octanol–water partition coefficient (Wildman–Crippen LogP) is 0.600. The van der Waals surface area contributed by atoms with Crippen LogP contribution in [0.1, 0.15) is 83.1 Å². The van der Waals surface area contributed by atoms with E-state index in [4.69, 9.17) is 0 Å². The lowest BCUT2D eigenvalue weighted by atomic mass is 10.0. The highest BCUT2D eigenvalue weighted by atomic mass is 35.5. The van der Waals surface area contributed by atoms with Crippen LogP contribution in [0.2, 0.25) is 0 Å². The molecular weight excluding hydrogens is 356 g/mol. The third-order valence-electron chi connectivity index (χ3n) is 5.31. The lowest BCUT2D eigenvalue weighted by Crippen LogP contribution is -3.13. The molecule has 5 heteroatoms. The highest BCUT2D eigenvalue weighted by Crippen LogP contribution is 2.36. The van der Waals surface area contributed by atoms with E-state index in [2.05, 4.69) is 110 Å². The smallest absolute Gasteiger partial charge is 0.253 e. The van der Waals surface area contributed by atoms with Gasteiger partial charge in [-0.1, -0.05) is 0 Å². The molecule has 0 amide bonds. The minimum atomic E-state index is 0. The summed E-state index contributed by atoms with van der Waals surface area (Å²) in [5, 5.41) is 0. The number of nitrogens with zero attached hydrogens (tertiary/aromatic N) is 3. The number of hydrogen-bond acceptors (Lipinski definition) is 3. The molecule has 4 nitrogen and oxygen atoms in total. The standard InChI is InChI=1S/C22H42N4.ClH/c1-19(2,3)23-13-14-24(20(4,5)6)17(23)18-25(21(7,8)9)15-16-26(18)22(10,11)12;/h13-14H,15-16H2,1-12H3;1H. The number of quaternary nitrogens is 1. The molecule has 0 bridgehead atoms. The first kappa shape index (κ1) is 24.2. The molecule has 0 aromatic carbocycles. The first-order chi connectivity index (χ1) is 11.5. The van der Waals surface area contributed by atoms with Crippen molar-refractivity contribution in [2.45, 2.75) is 105 Å². The van der Waals surface area contributed by atoms with Crippen molar-refractivity contribution in [1.29, 1.82) is 0 Å². The summed E-state index contributed by atoms with van der Waals surface area (Å²) >= 11 is 0. The van der Waals surface area contributed by atoms with E-state index in [1.165, 1.54) is 16.5 Å². The maximum absolute atomic E-state index is 2.62. The molecule has 2 rings (SSSR count). The molecule has 1 fully saturated rings. The molecule has 0 aromatic heterocycles. The minimum Gasteiger partial charge on any atom is -1.00 e. The second kappa shape index (κ2) is 7.18. The van der Waals surface area contributed by atoms with E-state index in [0.29, 0.717) is 0 Å². The first-order valence-corrected chi connectivity index (χ1v) is 10.1. The fourth-order valence-corrected chi connectivity index (χ4v) is 3.94. The van der Waals surface area contributed by atoms with E-state index >= 15 is 0 Å². The summed E-state index contributed by atoms with van der Waals surface area (Å²) in [6.45, 7) is 30.1. The van der Waals surface area contributed by atoms with E-state index in [-0.39, 0.29) is 34.6 Å². The zero-order valence-corrected chi connectivity index (χ0v) is 20.5. The van der Waals surface area contributed by atoms with E-state index in [1.807, 2.05) is 0 Å². The van der Waals surface area contributed by atoms with Crippen molar-refractivity contribution >= 4 is 0 Å². The Morgan fingerprint density at radius 1 is 0.704 bits per heavy atom. The van der Waals surface area contributed by atoms with Gasteiger partial charge in [-0.2, -0.15) is 0 Å². The monoisotopic (exact) mass is 398 g/mol. The molecule has 1 N–H and O–H groups in total. The molecule has 0 spiro atoms. The lowest BCUT2D eigenvalue weighted by Gasteiger charge is -2.44. The van der Waals surface area contributed by atoms with Crippen LogP contribution in [0.25, 0.3) is 0 Å². The third-order valence-corrected chi connectivity index (χ3v) is 5.31. The van der Waals surface area contributed by atoms with Crippen LogP contribution in [-0.4, -0.2) is 49.9 Å². The lowest BCUT2D eigenvalue weighted by molar-refractivity contribution is -0.862. The predicted molar refractivity (Wildman–Crippen MR) is 111 cm³/mol. The van der Waals surface area contributed by atoms with Crippen LogP contribution in [-0.2, 0) is 0 Å². The van der Waals surface area contributed by atoms with Gasteiger partial charge in [0.15, 0.2) is 5.82 Å². The Kier molecular flexibility index (Phi) is 6.43. The molecule has 2 aliphatic heterocycles. The van der Waals surface area contributed by atoms with E-state index in [0.717, 1.165) is 13.1 Å². The summed E-state index contributed by atoms with van der Waals surface area (Å²) in [4.78, 5) is 9.16. The third kappa shape index (κ3) is 4.76. The zero-order chi connectivity index (χ0) is 20.3. The molecule has 1 atom stereocenters. The molecule has 158 valence electrons. The molecule has 0 radical (unpaired) electrons. The molecule has 1 saturated heterocycles. The second-order valence-electron chi connectivity index (χ2n) is 11.8. The summed E-state index contributed by atoms with van der Waals surface area (Å²) < 4.78 is 0. The minimum absolute atomic E-state index is 0. The Bertz CT molecular complexity index is 544. The molecule has 2 aliphatic rings. The van der Waals surface area contributed by atoms with Crippen molar-refractivity contribution in [3.63, 3.8) is 0 Å². The van der Waals surface area contributed by atoms with Gasteiger partial charge >= 0.3 is 0 Å². The van der Waals surface area contributed by atoms with Crippen LogP contribution in [0, 0.1) is 0 Å². The Morgan fingerprint density at radius 2 is 1.11 bits per heavy atom. The Morgan fingerprint density at radius 3 is 1.41 bits per heavy atom. The maximum Gasteiger partial charge on any atom is 0.253 e. The Hall–Kier alpha value is -0.870. The van der Waals surface area contributed by atoms with E-state index < -0.39 is 0 Å². The number of nitrogens with one attached hydrogen (secondary N) is 1. The fourth-order valence-electron chi connectivity index (χ4n) is 3.94. The van der Waals surface area contributed by atoms with Crippen molar-refractivity contribution in [2.75, 3.05) is 13.1 Å². The van der Waals surface area contributed by atoms with Gasteiger partial charge in [-0.15, -0.1) is 0 Å². The normalized spacial score (nSPS) is 22.1. The molecule has 2 heterocycles. The highest BCUT2D eigenvalue weighted by Gasteiger charge is 2.48. The Labute approximate surface area is 174 Å².